The van der Waals surface area contributed by atoms with E-state index in [1.165, 1.54) is 17.2 Å². The predicted octanol–water partition coefficient (Wildman–Crippen LogP) is 3.02. The highest BCUT2D eigenvalue weighted by atomic mass is 19.1. The molecular weight excluding hydrogens is 499 g/mol. The summed E-state index contributed by atoms with van der Waals surface area (Å²) in [5, 5.41) is 2.79. The molecule has 10 heteroatoms. The van der Waals surface area contributed by atoms with E-state index in [1.54, 1.807) is 73.3 Å². The Labute approximate surface area is 227 Å². The molecule has 0 bridgehead atoms. The number of halogens is 1. The molecule has 0 saturated carbocycles. The lowest BCUT2D eigenvalue weighted by atomic mass is 10.0. The van der Waals surface area contributed by atoms with Crippen molar-refractivity contribution < 1.29 is 18.8 Å². The Hall–Kier alpha value is -4.15. The minimum Gasteiger partial charge on any atom is -0.338 e. The second-order valence-corrected chi connectivity index (χ2v) is 10.0. The third kappa shape index (κ3) is 6.84. The van der Waals surface area contributed by atoms with E-state index < -0.39 is 11.7 Å². The normalized spacial score (nSPS) is 17.1. The van der Waals surface area contributed by atoms with Crippen LogP contribution in [0, 0.1) is 11.7 Å². The van der Waals surface area contributed by atoms with Gasteiger partial charge in [0.15, 0.2) is 0 Å². The Morgan fingerprint density at radius 1 is 1.03 bits per heavy atom. The van der Waals surface area contributed by atoms with Gasteiger partial charge in [-0.2, -0.15) is 0 Å². The monoisotopic (exact) mass is 532 g/mol. The second kappa shape index (κ2) is 12.1. The summed E-state index contributed by atoms with van der Waals surface area (Å²) in [5.74, 6) is -1.48. The highest BCUT2D eigenvalue weighted by Gasteiger charge is 2.29. The van der Waals surface area contributed by atoms with Crippen molar-refractivity contribution in [3.8, 4) is 11.3 Å². The van der Waals surface area contributed by atoms with Gasteiger partial charge in [-0.25, -0.2) is 4.39 Å². The molecule has 2 heterocycles. The summed E-state index contributed by atoms with van der Waals surface area (Å²) >= 11 is 0. The molecule has 3 aromatic rings. The molecule has 4 rings (SSSR count). The number of nitrogens with zero attached hydrogens (tertiary/aromatic N) is 3. The molecule has 2 atom stereocenters. The van der Waals surface area contributed by atoms with Crippen LogP contribution in [0.2, 0.25) is 0 Å². The fourth-order valence-electron chi connectivity index (χ4n) is 4.41. The van der Waals surface area contributed by atoms with Gasteiger partial charge in [-0.15, -0.1) is 0 Å². The maximum Gasteiger partial charge on any atom is 0.258 e. The molecule has 1 aliphatic heterocycles. The van der Waals surface area contributed by atoms with Gasteiger partial charge in [0.05, 0.1) is 17.6 Å². The summed E-state index contributed by atoms with van der Waals surface area (Å²) < 4.78 is 14.3. The SMILES string of the molecule is CC(C)C(=O)Nc1ccc(C(=O)N(CC(=O)N2CC(N)CC(N)C2)c2ccc(-c3ccccc3F)nc2)cc1. The maximum atomic E-state index is 14.3. The van der Waals surface area contributed by atoms with Crippen molar-refractivity contribution in [3.05, 3.63) is 78.2 Å². The number of nitrogens with one attached hydrogen (secondary N) is 1. The lowest BCUT2D eigenvalue weighted by Crippen LogP contribution is -2.56. The largest absolute Gasteiger partial charge is 0.338 e. The number of benzene rings is 2. The van der Waals surface area contributed by atoms with Gasteiger partial charge in [0.25, 0.3) is 5.91 Å². The van der Waals surface area contributed by atoms with Crippen molar-refractivity contribution in [2.45, 2.75) is 32.4 Å². The zero-order valence-corrected chi connectivity index (χ0v) is 22.0. The van der Waals surface area contributed by atoms with Crippen LogP contribution in [-0.4, -0.2) is 59.3 Å². The first-order valence-electron chi connectivity index (χ1n) is 12.8. The minimum absolute atomic E-state index is 0.139. The third-order valence-electron chi connectivity index (χ3n) is 6.54. The van der Waals surface area contributed by atoms with Crippen molar-refractivity contribution in [3.63, 3.8) is 0 Å². The molecule has 1 fully saturated rings. The van der Waals surface area contributed by atoms with E-state index in [1.807, 2.05) is 0 Å². The number of carbonyl (C=O) groups is 3. The molecule has 1 aromatic heterocycles. The zero-order chi connectivity index (χ0) is 28.1. The molecule has 204 valence electrons. The van der Waals surface area contributed by atoms with Gasteiger partial charge in [0.1, 0.15) is 12.4 Å². The van der Waals surface area contributed by atoms with Crippen LogP contribution in [0.4, 0.5) is 15.8 Å². The van der Waals surface area contributed by atoms with Crippen LogP contribution in [0.3, 0.4) is 0 Å². The van der Waals surface area contributed by atoms with Crippen molar-refractivity contribution >= 4 is 29.1 Å². The number of rotatable bonds is 7. The van der Waals surface area contributed by atoms with Crippen LogP contribution >= 0.6 is 0 Å². The standard InChI is InChI=1S/C29H33FN6O3/c1-18(2)28(38)34-22-9-7-19(8-10-22)29(39)36(17-27(37)35-15-20(31)13-21(32)16-35)23-11-12-26(33-14-23)24-5-3-4-6-25(24)30/h3-12,14,18,20-21H,13,15-17,31-32H2,1-2H3,(H,34,38). The van der Waals surface area contributed by atoms with Crippen LogP contribution in [0.25, 0.3) is 11.3 Å². The Kier molecular flexibility index (Phi) is 8.68. The average molecular weight is 533 g/mol. The molecule has 0 spiro atoms. The van der Waals surface area contributed by atoms with E-state index in [0.29, 0.717) is 47.7 Å². The summed E-state index contributed by atoms with van der Waals surface area (Å²) in [6.45, 7) is 4.02. The molecule has 5 N–H and O–H groups in total. The summed E-state index contributed by atoms with van der Waals surface area (Å²) in [4.78, 5) is 46.2. The van der Waals surface area contributed by atoms with Crippen molar-refractivity contribution in [1.29, 1.82) is 0 Å². The molecule has 2 aromatic carbocycles. The second-order valence-electron chi connectivity index (χ2n) is 10.0. The zero-order valence-electron chi connectivity index (χ0n) is 22.0. The molecule has 9 nitrogen and oxygen atoms in total. The number of carbonyl (C=O) groups excluding carboxylic acids is 3. The Morgan fingerprint density at radius 3 is 2.28 bits per heavy atom. The van der Waals surface area contributed by atoms with Gasteiger partial charge in [-0.3, -0.25) is 24.3 Å². The summed E-state index contributed by atoms with van der Waals surface area (Å²) in [6.07, 6.45) is 2.06. The highest BCUT2D eigenvalue weighted by molar-refractivity contribution is 6.09. The van der Waals surface area contributed by atoms with E-state index in [2.05, 4.69) is 10.3 Å². The van der Waals surface area contributed by atoms with E-state index in [-0.39, 0.29) is 36.4 Å². The maximum absolute atomic E-state index is 14.3. The number of piperidine rings is 1. The van der Waals surface area contributed by atoms with Gasteiger partial charge in [-0.1, -0.05) is 26.0 Å². The van der Waals surface area contributed by atoms with Gasteiger partial charge >= 0.3 is 0 Å². The van der Waals surface area contributed by atoms with E-state index >= 15 is 0 Å². The number of amides is 3. The summed E-state index contributed by atoms with van der Waals surface area (Å²) in [6, 6.07) is 15.5. The van der Waals surface area contributed by atoms with Gasteiger partial charge in [0.2, 0.25) is 11.8 Å². The van der Waals surface area contributed by atoms with Gasteiger partial charge < -0.3 is 21.7 Å². The molecule has 1 saturated heterocycles. The number of likely N-dealkylation sites (tertiary alicyclic amines) is 1. The Balaban J connectivity index is 1.61. The Bertz CT molecular complexity index is 1320. The Morgan fingerprint density at radius 2 is 1.69 bits per heavy atom. The smallest absolute Gasteiger partial charge is 0.258 e. The fourth-order valence-corrected chi connectivity index (χ4v) is 4.41. The molecule has 3 amide bonds. The van der Waals surface area contributed by atoms with E-state index in [9.17, 15) is 18.8 Å². The first-order valence-corrected chi connectivity index (χ1v) is 12.8. The summed E-state index contributed by atoms with van der Waals surface area (Å²) in [7, 11) is 0. The number of nitrogens with two attached hydrogens (primary N) is 2. The molecule has 39 heavy (non-hydrogen) atoms. The number of pyridine rings is 1. The molecule has 0 radical (unpaired) electrons. The lowest BCUT2D eigenvalue weighted by Gasteiger charge is -2.36. The van der Waals surface area contributed by atoms with E-state index in [4.69, 9.17) is 11.5 Å². The van der Waals surface area contributed by atoms with Crippen LogP contribution in [0.5, 0.6) is 0 Å². The number of hydrogen-bond acceptors (Lipinski definition) is 6. The van der Waals surface area contributed by atoms with Crippen LogP contribution in [0.15, 0.2) is 66.9 Å². The number of aromatic nitrogens is 1. The molecular formula is C29H33FN6O3. The lowest BCUT2D eigenvalue weighted by molar-refractivity contribution is -0.131. The first kappa shape index (κ1) is 27.9. The van der Waals surface area contributed by atoms with Crippen molar-refractivity contribution in [2.75, 3.05) is 29.9 Å². The van der Waals surface area contributed by atoms with Crippen LogP contribution in [0.1, 0.15) is 30.6 Å². The van der Waals surface area contributed by atoms with Gasteiger partial charge in [-0.05, 0) is 55.0 Å². The molecule has 1 aliphatic rings. The summed E-state index contributed by atoms with van der Waals surface area (Å²) in [5.41, 5.74) is 14.1. The van der Waals surface area contributed by atoms with Crippen molar-refractivity contribution in [1.82, 2.24) is 9.88 Å². The number of anilines is 2. The van der Waals surface area contributed by atoms with Gasteiger partial charge in [0, 0.05) is 47.9 Å². The van der Waals surface area contributed by atoms with Crippen LogP contribution < -0.4 is 21.7 Å². The topological polar surface area (TPSA) is 135 Å². The quantitative estimate of drug-likeness (QED) is 0.428. The first-order chi connectivity index (χ1) is 18.6. The van der Waals surface area contributed by atoms with E-state index in [0.717, 1.165) is 0 Å². The average Bonchev–Trinajstić information content (AvgIpc) is 2.91. The number of hydrogen-bond donors (Lipinski definition) is 3. The minimum atomic E-state index is -0.434. The highest BCUT2D eigenvalue weighted by Crippen LogP contribution is 2.25. The van der Waals surface area contributed by atoms with Crippen LogP contribution in [-0.2, 0) is 9.59 Å². The molecule has 2 unspecified atom stereocenters. The predicted molar refractivity (Wildman–Crippen MR) is 148 cm³/mol. The fraction of sp³-hybridized carbons (Fsp3) is 0.310. The molecule has 0 aliphatic carbocycles. The third-order valence-corrected chi connectivity index (χ3v) is 6.54. The van der Waals surface area contributed by atoms with Crippen molar-refractivity contribution in [2.24, 2.45) is 17.4 Å².